The molecule has 3 rings (SSSR count). The van der Waals surface area contributed by atoms with Gasteiger partial charge in [0.25, 0.3) is 0 Å². The van der Waals surface area contributed by atoms with Gasteiger partial charge in [0.2, 0.25) is 0 Å². The third-order valence-electron chi connectivity index (χ3n) is 4.74. The average molecular weight is 390 g/mol. The van der Waals surface area contributed by atoms with E-state index in [4.69, 9.17) is 15.2 Å². The summed E-state index contributed by atoms with van der Waals surface area (Å²) in [7, 11) is 3.16. The van der Waals surface area contributed by atoms with Crippen LogP contribution in [0.15, 0.2) is 41.4 Å². The van der Waals surface area contributed by atoms with Gasteiger partial charge in [-0.15, -0.1) is 0 Å². The SMILES string of the molecule is COc1ccc(OC)c(NC(N)=NCC2CCN(c3ccc(F)c(F)c3)C2)c1. The maximum absolute atomic E-state index is 13.4. The van der Waals surface area contributed by atoms with E-state index in [2.05, 4.69) is 10.3 Å². The maximum Gasteiger partial charge on any atom is 0.193 e. The number of halogens is 2. The lowest BCUT2D eigenvalue weighted by Gasteiger charge is -2.18. The zero-order chi connectivity index (χ0) is 20.1. The number of hydrogen-bond acceptors (Lipinski definition) is 4. The van der Waals surface area contributed by atoms with Crippen molar-refractivity contribution in [3.05, 3.63) is 48.0 Å². The van der Waals surface area contributed by atoms with Gasteiger partial charge in [-0.25, -0.2) is 8.78 Å². The highest BCUT2D eigenvalue weighted by Crippen LogP contribution is 2.29. The average Bonchev–Trinajstić information content (AvgIpc) is 3.17. The molecule has 0 saturated carbocycles. The van der Waals surface area contributed by atoms with Crippen LogP contribution in [0.1, 0.15) is 6.42 Å². The lowest BCUT2D eigenvalue weighted by atomic mass is 10.1. The zero-order valence-corrected chi connectivity index (χ0v) is 15.9. The van der Waals surface area contributed by atoms with E-state index in [1.807, 2.05) is 4.90 Å². The standard InChI is InChI=1S/C20H24F2N4O2/c1-27-15-4-6-19(28-2)18(10-15)25-20(23)24-11-13-7-8-26(12-13)14-3-5-16(21)17(22)9-14/h3-6,9-10,13H,7-8,11-12H2,1-2H3,(H3,23,24,25). The van der Waals surface area contributed by atoms with Gasteiger partial charge in [0.15, 0.2) is 17.6 Å². The second-order valence-corrected chi connectivity index (χ2v) is 6.62. The van der Waals surface area contributed by atoms with Gasteiger partial charge in [-0.2, -0.15) is 0 Å². The van der Waals surface area contributed by atoms with Gasteiger partial charge in [0.1, 0.15) is 11.5 Å². The fourth-order valence-corrected chi connectivity index (χ4v) is 3.21. The predicted molar refractivity (Wildman–Crippen MR) is 106 cm³/mol. The molecule has 0 bridgehead atoms. The van der Waals surface area contributed by atoms with Crippen molar-refractivity contribution < 1.29 is 18.3 Å². The molecule has 8 heteroatoms. The van der Waals surface area contributed by atoms with Gasteiger partial charge >= 0.3 is 0 Å². The number of methoxy groups -OCH3 is 2. The van der Waals surface area contributed by atoms with Gasteiger partial charge in [-0.05, 0) is 36.6 Å². The first-order chi connectivity index (χ1) is 13.5. The van der Waals surface area contributed by atoms with Crippen molar-refractivity contribution in [2.45, 2.75) is 6.42 Å². The van der Waals surface area contributed by atoms with Crippen LogP contribution >= 0.6 is 0 Å². The number of benzene rings is 2. The normalized spacial score (nSPS) is 16.9. The van der Waals surface area contributed by atoms with Crippen molar-refractivity contribution in [1.82, 2.24) is 0 Å². The summed E-state index contributed by atoms with van der Waals surface area (Å²) in [5, 5.41) is 3.03. The van der Waals surface area contributed by atoms with Crippen LogP contribution < -0.4 is 25.4 Å². The number of ether oxygens (including phenoxy) is 2. The molecule has 1 unspecified atom stereocenters. The molecule has 0 spiro atoms. The van der Waals surface area contributed by atoms with Crippen LogP contribution in [-0.4, -0.2) is 39.8 Å². The number of nitrogens with two attached hydrogens (primary N) is 1. The van der Waals surface area contributed by atoms with Crippen LogP contribution in [0.25, 0.3) is 0 Å². The minimum atomic E-state index is -0.837. The minimum Gasteiger partial charge on any atom is -0.497 e. The lowest BCUT2D eigenvalue weighted by molar-refractivity contribution is 0.405. The highest BCUT2D eigenvalue weighted by atomic mass is 19.2. The molecule has 6 nitrogen and oxygen atoms in total. The number of nitrogens with zero attached hydrogens (tertiary/aromatic N) is 2. The van der Waals surface area contributed by atoms with Crippen LogP contribution in [-0.2, 0) is 0 Å². The number of anilines is 2. The Morgan fingerprint density at radius 3 is 2.71 bits per heavy atom. The van der Waals surface area contributed by atoms with Gasteiger partial charge in [-0.3, -0.25) is 4.99 Å². The molecule has 1 aliphatic heterocycles. The van der Waals surface area contributed by atoms with E-state index in [-0.39, 0.29) is 11.9 Å². The molecule has 2 aromatic carbocycles. The molecule has 1 fully saturated rings. The molecule has 2 aromatic rings. The van der Waals surface area contributed by atoms with Crippen molar-refractivity contribution in [1.29, 1.82) is 0 Å². The molecule has 150 valence electrons. The van der Waals surface area contributed by atoms with Crippen molar-refractivity contribution in [2.75, 3.05) is 44.1 Å². The molecule has 0 aromatic heterocycles. The van der Waals surface area contributed by atoms with Gasteiger partial charge in [-0.1, -0.05) is 0 Å². The first-order valence-corrected chi connectivity index (χ1v) is 8.99. The molecule has 0 aliphatic carbocycles. The Kier molecular flexibility index (Phi) is 6.18. The highest BCUT2D eigenvalue weighted by Gasteiger charge is 2.23. The molecule has 3 N–H and O–H groups in total. The first kappa shape index (κ1) is 19.7. The predicted octanol–water partition coefficient (Wildman–Crippen LogP) is 3.24. The van der Waals surface area contributed by atoms with E-state index in [9.17, 15) is 8.78 Å². The second-order valence-electron chi connectivity index (χ2n) is 6.62. The summed E-state index contributed by atoms with van der Waals surface area (Å²) in [6.07, 6.45) is 0.901. The van der Waals surface area contributed by atoms with Crippen LogP contribution in [0.4, 0.5) is 20.2 Å². The van der Waals surface area contributed by atoms with Crippen molar-refractivity contribution in [2.24, 2.45) is 16.6 Å². The first-order valence-electron chi connectivity index (χ1n) is 8.99. The molecular formula is C20H24F2N4O2. The number of guanidine groups is 1. The van der Waals surface area contributed by atoms with Crippen LogP contribution in [0.3, 0.4) is 0 Å². The van der Waals surface area contributed by atoms with E-state index in [0.717, 1.165) is 19.0 Å². The number of nitrogens with one attached hydrogen (secondary N) is 1. The molecular weight excluding hydrogens is 366 g/mol. The van der Waals surface area contributed by atoms with E-state index >= 15 is 0 Å². The Morgan fingerprint density at radius 1 is 1.18 bits per heavy atom. The fourth-order valence-electron chi connectivity index (χ4n) is 3.21. The summed E-state index contributed by atoms with van der Waals surface area (Å²) in [6, 6.07) is 9.33. The summed E-state index contributed by atoms with van der Waals surface area (Å²) < 4.78 is 37.1. The Balaban J connectivity index is 1.59. The molecule has 28 heavy (non-hydrogen) atoms. The van der Waals surface area contributed by atoms with Crippen LogP contribution in [0.5, 0.6) is 11.5 Å². The van der Waals surface area contributed by atoms with Gasteiger partial charge in [0, 0.05) is 37.5 Å². The number of rotatable bonds is 6. The second kappa shape index (κ2) is 8.77. The molecule has 1 saturated heterocycles. The Bertz CT molecular complexity index is 860. The summed E-state index contributed by atoms with van der Waals surface area (Å²) in [6.45, 7) is 2.01. The van der Waals surface area contributed by atoms with Crippen LogP contribution in [0, 0.1) is 17.6 Å². The van der Waals surface area contributed by atoms with Crippen molar-refractivity contribution >= 4 is 17.3 Å². The molecule has 0 radical (unpaired) electrons. The summed E-state index contributed by atoms with van der Waals surface area (Å²) in [4.78, 5) is 6.44. The minimum absolute atomic E-state index is 0.276. The third kappa shape index (κ3) is 4.62. The zero-order valence-electron chi connectivity index (χ0n) is 15.9. The van der Waals surface area contributed by atoms with E-state index in [0.29, 0.717) is 36.0 Å². The third-order valence-corrected chi connectivity index (χ3v) is 4.74. The number of hydrogen-bond donors (Lipinski definition) is 2. The van der Waals surface area contributed by atoms with Gasteiger partial charge in [0.05, 0.1) is 19.9 Å². The molecule has 0 amide bonds. The molecule has 1 heterocycles. The topological polar surface area (TPSA) is 72.1 Å². The van der Waals surface area contributed by atoms with E-state index in [1.54, 1.807) is 38.5 Å². The largest absolute Gasteiger partial charge is 0.497 e. The summed E-state index contributed by atoms with van der Waals surface area (Å²) in [5.41, 5.74) is 7.36. The fraction of sp³-hybridized carbons (Fsp3) is 0.350. The smallest absolute Gasteiger partial charge is 0.193 e. The quantitative estimate of drug-likeness (QED) is 0.585. The highest BCUT2D eigenvalue weighted by molar-refractivity contribution is 5.94. The van der Waals surface area contributed by atoms with Crippen LogP contribution in [0.2, 0.25) is 0 Å². The van der Waals surface area contributed by atoms with E-state index < -0.39 is 11.6 Å². The van der Waals surface area contributed by atoms with Crippen molar-refractivity contribution in [3.8, 4) is 11.5 Å². The Hall–Kier alpha value is -3.03. The Labute approximate surface area is 163 Å². The lowest BCUT2D eigenvalue weighted by Crippen LogP contribution is -2.25. The van der Waals surface area contributed by atoms with E-state index in [1.165, 1.54) is 6.07 Å². The maximum atomic E-state index is 13.4. The Morgan fingerprint density at radius 2 is 2.00 bits per heavy atom. The monoisotopic (exact) mass is 390 g/mol. The van der Waals surface area contributed by atoms with Crippen molar-refractivity contribution in [3.63, 3.8) is 0 Å². The number of aliphatic imine (C=N–C) groups is 1. The summed E-state index contributed by atoms with van der Waals surface area (Å²) in [5.74, 6) is 0.187. The summed E-state index contributed by atoms with van der Waals surface area (Å²) >= 11 is 0. The molecule has 1 aliphatic rings. The molecule has 1 atom stereocenters. The van der Waals surface area contributed by atoms with Gasteiger partial charge < -0.3 is 25.4 Å².